The summed E-state index contributed by atoms with van der Waals surface area (Å²) in [6, 6.07) is 59.6. The summed E-state index contributed by atoms with van der Waals surface area (Å²) >= 11 is 0. The Morgan fingerprint density at radius 3 is 1.42 bits per heavy atom. The van der Waals surface area contributed by atoms with E-state index in [-0.39, 0.29) is 46.1 Å². The standard InChI is InChI=1S/C80H66BN5/c1-78(2,3)59-34-39-70-66(43-59)65-40-51(49-82)30-38-69(65)84(70)62-35-31-58(50-83)71(48-62)85-72-41-56(52-22-14-10-15-23-52)32-36-67(72)81-68-37-33-57(53-24-16-11-17-25-53)42-73(68)86(75-47-61(80(7,8)9)46-74(85)76(75)81)77-63(54-26-18-12-19-27-54)44-60(79(4,5)6)45-64(77)55-28-20-13-21-29-55/h10-48H,1-9H3/i10D,11D,14D,15D,16D,17D,22D,23D,24D,25D. The topological polar surface area (TPSA) is 59.0 Å². The normalized spacial score (nSPS) is 14.5. The predicted molar refractivity (Wildman–Crippen MR) is 362 cm³/mol. The lowest BCUT2D eigenvalue weighted by Crippen LogP contribution is -2.61. The highest BCUT2D eigenvalue weighted by Gasteiger charge is 2.46. The van der Waals surface area contributed by atoms with Crippen LogP contribution in [0.4, 0.5) is 34.1 Å². The van der Waals surface area contributed by atoms with Crippen LogP contribution in [0, 0.1) is 22.7 Å². The van der Waals surface area contributed by atoms with E-state index in [4.69, 9.17) is 8.22 Å². The molecule has 12 aromatic rings. The Morgan fingerprint density at radius 2 is 0.895 bits per heavy atom. The molecule has 0 spiro atoms. The maximum absolute atomic E-state index is 11.7. The van der Waals surface area contributed by atoms with Gasteiger partial charge >= 0.3 is 0 Å². The quantitative estimate of drug-likeness (QED) is 0.149. The van der Waals surface area contributed by atoms with E-state index in [0.29, 0.717) is 45.0 Å². The van der Waals surface area contributed by atoms with Crippen molar-refractivity contribution in [1.29, 1.82) is 10.5 Å². The van der Waals surface area contributed by atoms with E-state index in [1.165, 1.54) is 0 Å². The molecule has 3 heterocycles. The van der Waals surface area contributed by atoms with Gasteiger partial charge in [0.1, 0.15) is 6.07 Å². The summed E-state index contributed by atoms with van der Waals surface area (Å²) in [7, 11) is 0. The fourth-order valence-electron chi connectivity index (χ4n) is 12.8. The van der Waals surface area contributed by atoms with Gasteiger partial charge in [0.05, 0.1) is 53.3 Å². The lowest BCUT2D eigenvalue weighted by molar-refractivity contribution is 0.590. The molecule has 2 aliphatic rings. The molecule has 11 aromatic carbocycles. The maximum Gasteiger partial charge on any atom is 0.252 e. The fraction of sp³-hybridized carbons (Fsp3) is 0.150. The van der Waals surface area contributed by atoms with Crippen LogP contribution in [0.15, 0.2) is 236 Å². The molecule has 0 amide bonds. The van der Waals surface area contributed by atoms with Crippen molar-refractivity contribution in [2.24, 2.45) is 0 Å². The first kappa shape index (κ1) is 43.5. The number of nitriles is 2. The van der Waals surface area contributed by atoms with Crippen LogP contribution in [0.25, 0.3) is 72.0 Å². The van der Waals surface area contributed by atoms with Crippen LogP contribution in [0.1, 0.15) is 104 Å². The molecule has 0 bridgehead atoms. The van der Waals surface area contributed by atoms with E-state index < -0.39 is 48.4 Å². The molecule has 0 saturated carbocycles. The molecule has 0 aliphatic carbocycles. The van der Waals surface area contributed by atoms with Crippen LogP contribution >= 0.6 is 0 Å². The summed E-state index contributed by atoms with van der Waals surface area (Å²) < 4.78 is 92.8. The van der Waals surface area contributed by atoms with Crippen molar-refractivity contribution in [1.82, 2.24) is 4.57 Å². The smallest absolute Gasteiger partial charge is 0.252 e. The Morgan fingerprint density at radius 1 is 0.395 bits per heavy atom. The Bertz CT molecular complexity index is 5300. The van der Waals surface area contributed by atoms with E-state index in [2.05, 4.69) is 156 Å². The summed E-state index contributed by atoms with van der Waals surface area (Å²) in [5.41, 5.74) is 16.2. The number of rotatable bonds is 7. The number of anilines is 6. The Balaban J connectivity index is 1.16. The molecule has 1 aromatic heterocycles. The molecule has 86 heavy (non-hydrogen) atoms. The second-order valence-electron chi connectivity index (χ2n) is 25.7. The maximum atomic E-state index is 11.7. The van der Waals surface area contributed by atoms with Gasteiger partial charge in [0.25, 0.3) is 6.71 Å². The second-order valence-corrected chi connectivity index (χ2v) is 25.7. The number of benzene rings is 11. The number of hydrogen-bond acceptors (Lipinski definition) is 4. The monoisotopic (exact) mass is 1120 g/mol. The fourth-order valence-corrected chi connectivity index (χ4v) is 12.8. The van der Waals surface area contributed by atoms with Crippen molar-refractivity contribution in [3.8, 4) is 62.3 Å². The van der Waals surface area contributed by atoms with Gasteiger partial charge in [-0.1, -0.05) is 214 Å². The van der Waals surface area contributed by atoms with Crippen LogP contribution < -0.4 is 26.2 Å². The molecule has 6 heteroatoms. The van der Waals surface area contributed by atoms with Gasteiger partial charge in [0.2, 0.25) is 0 Å². The molecule has 14 rings (SSSR count). The molecule has 5 nitrogen and oxygen atoms in total. The summed E-state index contributed by atoms with van der Waals surface area (Å²) in [4.78, 5) is 4.42. The second kappa shape index (κ2) is 20.3. The molecular weight excluding hydrogens is 1040 g/mol. The van der Waals surface area contributed by atoms with Crippen LogP contribution in [-0.4, -0.2) is 11.3 Å². The van der Waals surface area contributed by atoms with E-state index in [1.807, 2.05) is 103 Å². The molecule has 0 unspecified atom stereocenters. The van der Waals surface area contributed by atoms with Gasteiger partial charge in [-0.25, -0.2) is 0 Å². The van der Waals surface area contributed by atoms with Crippen molar-refractivity contribution in [3.63, 3.8) is 0 Å². The highest BCUT2D eigenvalue weighted by molar-refractivity contribution is 7.00. The Kier molecular flexibility index (Phi) is 10.3. The van der Waals surface area contributed by atoms with Crippen molar-refractivity contribution in [2.75, 3.05) is 9.80 Å². The Labute approximate surface area is 520 Å². The molecule has 414 valence electrons. The van der Waals surface area contributed by atoms with Crippen LogP contribution in [0.3, 0.4) is 0 Å². The van der Waals surface area contributed by atoms with Gasteiger partial charge in [0, 0.05) is 50.3 Å². The zero-order chi connectivity index (χ0) is 68.1. The van der Waals surface area contributed by atoms with Crippen molar-refractivity contribution >= 4 is 79.0 Å². The Hall–Kier alpha value is -10.1. The first-order valence-corrected chi connectivity index (χ1v) is 29.1. The lowest BCUT2D eigenvalue weighted by Gasteiger charge is -2.46. The van der Waals surface area contributed by atoms with Gasteiger partial charge < -0.3 is 14.4 Å². The van der Waals surface area contributed by atoms with Crippen molar-refractivity contribution < 1.29 is 13.7 Å². The largest absolute Gasteiger partial charge is 0.310 e. The van der Waals surface area contributed by atoms with Crippen molar-refractivity contribution in [2.45, 2.75) is 78.6 Å². The summed E-state index contributed by atoms with van der Waals surface area (Å²) in [6.07, 6.45) is 0. The zero-order valence-electron chi connectivity index (χ0n) is 59.6. The number of nitrogens with zero attached hydrogens (tertiary/aromatic N) is 5. The summed E-state index contributed by atoms with van der Waals surface area (Å²) in [5, 5.41) is 23.9. The molecule has 0 atom stereocenters. The van der Waals surface area contributed by atoms with E-state index in [0.717, 1.165) is 94.2 Å². The summed E-state index contributed by atoms with van der Waals surface area (Å²) in [6.45, 7) is 19.0. The SMILES string of the molecule is [2H]c1c([2H])c([2H])c(-c2ccc3c(c2)N(c2cc(-n4c5ccc(C#N)cc5c5cc(C(C)(C)C)ccc54)ccc2C#N)c2cc(C(C)(C)C)cc4c2B3c2ccc(-c3c([2H])c([2H])c([2H])c([2H])c3[2H])cc2N4c2c(-c3ccccc3)cc(C(C)(C)C)cc2-c2ccccc2)c([2H])c1[2H]. The third kappa shape index (κ3) is 8.99. The predicted octanol–water partition coefficient (Wildman–Crippen LogP) is 19.2. The number of hydrogen-bond donors (Lipinski definition) is 0. The van der Waals surface area contributed by atoms with Gasteiger partial charge in [-0.2, -0.15) is 10.5 Å². The lowest BCUT2D eigenvalue weighted by atomic mass is 9.33. The van der Waals surface area contributed by atoms with Gasteiger partial charge in [-0.15, -0.1) is 0 Å². The minimum Gasteiger partial charge on any atom is -0.310 e. The molecule has 0 radical (unpaired) electrons. The third-order valence-electron chi connectivity index (χ3n) is 17.2. The van der Waals surface area contributed by atoms with Crippen LogP contribution in [-0.2, 0) is 16.2 Å². The first-order valence-electron chi connectivity index (χ1n) is 34.1. The van der Waals surface area contributed by atoms with Gasteiger partial charge in [-0.05, 0) is 168 Å². The first-order chi connectivity index (χ1) is 45.6. The third-order valence-corrected chi connectivity index (χ3v) is 17.2. The zero-order valence-corrected chi connectivity index (χ0v) is 49.6. The molecular formula is C80H66BN5. The van der Waals surface area contributed by atoms with Crippen LogP contribution in [0.2, 0.25) is 0 Å². The molecule has 0 N–H and O–H groups in total. The molecule has 0 saturated heterocycles. The number of fused-ring (bicyclic) bond motifs is 7. The average molecular weight is 1120 g/mol. The number of aromatic nitrogens is 1. The van der Waals surface area contributed by atoms with Crippen molar-refractivity contribution in [3.05, 3.63) is 264 Å². The van der Waals surface area contributed by atoms with Crippen LogP contribution in [0.5, 0.6) is 0 Å². The molecule has 0 fully saturated rings. The minimum atomic E-state index is -0.642. The van der Waals surface area contributed by atoms with E-state index in [9.17, 15) is 16.0 Å². The highest BCUT2D eigenvalue weighted by Crippen LogP contribution is 2.53. The summed E-state index contributed by atoms with van der Waals surface area (Å²) in [5.74, 6) is 0. The van der Waals surface area contributed by atoms with E-state index in [1.54, 1.807) is 6.07 Å². The average Bonchev–Trinajstić information content (AvgIpc) is 0.802. The highest BCUT2D eigenvalue weighted by atomic mass is 15.2. The minimum absolute atomic E-state index is 0.00338. The van der Waals surface area contributed by atoms with Gasteiger partial charge in [-0.3, -0.25) is 0 Å². The van der Waals surface area contributed by atoms with Gasteiger partial charge in [0.15, 0.2) is 0 Å². The van der Waals surface area contributed by atoms with E-state index >= 15 is 0 Å². The molecule has 2 aliphatic heterocycles.